The number of rotatable bonds is 9. The lowest BCUT2D eigenvalue weighted by atomic mass is 9.82. The summed E-state index contributed by atoms with van der Waals surface area (Å²) in [5.74, 6) is 1.60. The van der Waals surface area contributed by atoms with E-state index in [0.717, 1.165) is 24.2 Å². The van der Waals surface area contributed by atoms with Gasteiger partial charge in [-0.2, -0.15) is 8.42 Å². The molecule has 2 bridgehead atoms. The van der Waals surface area contributed by atoms with Gasteiger partial charge in [0.25, 0.3) is 15.9 Å². The number of hydrogen-bond donors (Lipinski definition) is 1. The molecule has 2 aromatic rings. The summed E-state index contributed by atoms with van der Waals surface area (Å²) in [6.45, 7) is 2.20. The van der Waals surface area contributed by atoms with Gasteiger partial charge in [0, 0.05) is 18.4 Å². The number of hydrogen-bond acceptors (Lipinski definition) is 4. The van der Waals surface area contributed by atoms with Crippen LogP contribution in [0.1, 0.15) is 61.5 Å². The number of amides is 1. The molecule has 7 heteroatoms. The molecule has 2 aromatic heterocycles. The molecule has 4 rings (SSSR count). The van der Waals surface area contributed by atoms with E-state index in [9.17, 15) is 13.2 Å². The lowest BCUT2D eigenvalue weighted by Gasteiger charge is -2.31. The van der Waals surface area contributed by atoms with Crippen LogP contribution in [0.3, 0.4) is 0 Å². The zero-order valence-electron chi connectivity index (χ0n) is 17.4. The van der Waals surface area contributed by atoms with Crippen LogP contribution in [-0.2, 0) is 10.0 Å². The van der Waals surface area contributed by atoms with E-state index in [1.807, 2.05) is 0 Å². The van der Waals surface area contributed by atoms with Crippen molar-refractivity contribution in [2.75, 3.05) is 0 Å². The summed E-state index contributed by atoms with van der Waals surface area (Å²) >= 11 is 1.04. The Morgan fingerprint density at radius 3 is 2.73 bits per heavy atom. The maximum Gasteiger partial charge on any atom is 0.277 e. The first-order valence-electron chi connectivity index (χ1n) is 10.9. The molecule has 0 aromatic carbocycles. The van der Waals surface area contributed by atoms with Gasteiger partial charge in [0.05, 0.1) is 4.88 Å². The molecule has 1 amide bonds. The van der Waals surface area contributed by atoms with Crippen molar-refractivity contribution in [1.82, 2.24) is 9.29 Å². The molecule has 2 aliphatic carbocycles. The van der Waals surface area contributed by atoms with Gasteiger partial charge in [-0.05, 0) is 74.1 Å². The number of aromatic nitrogens is 1. The van der Waals surface area contributed by atoms with Gasteiger partial charge in [0.15, 0.2) is 0 Å². The third-order valence-electron chi connectivity index (χ3n) is 6.60. The van der Waals surface area contributed by atoms with Gasteiger partial charge in [-0.25, -0.2) is 3.97 Å². The van der Waals surface area contributed by atoms with Crippen LogP contribution in [0.4, 0.5) is 0 Å². The molecule has 2 fully saturated rings. The smallest absolute Gasteiger partial charge is 0.277 e. The fraction of sp³-hybridized carbons (Fsp3) is 0.522. The molecule has 162 valence electrons. The minimum Gasteiger partial charge on any atom is -0.348 e. The van der Waals surface area contributed by atoms with Crippen LogP contribution in [0.15, 0.2) is 53.0 Å². The highest BCUT2D eigenvalue weighted by Crippen LogP contribution is 2.50. The predicted octanol–water partition coefficient (Wildman–Crippen LogP) is 5.07. The van der Waals surface area contributed by atoms with Crippen molar-refractivity contribution in [2.45, 2.75) is 62.1 Å². The number of fused-ring (bicyclic) bond motifs is 2. The van der Waals surface area contributed by atoms with Gasteiger partial charge in [0.2, 0.25) is 0 Å². The Kier molecular flexibility index (Phi) is 6.48. The Morgan fingerprint density at radius 1 is 1.20 bits per heavy atom. The molecule has 2 aliphatic rings. The molecule has 0 spiro atoms. The monoisotopic (exact) mass is 446 g/mol. The van der Waals surface area contributed by atoms with Crippen molar-refractivity contribution in [3.05, 3.63) is 53.7 Å². The number of nitrogens with zero attached hydrogens (tertiary/aromatic N) is 1. The first-order valence-corrected chi connectivity index (χ1v) is 13.2. The molecular formula is C23H30N2O3S2. The largest absolute Gasteiger partial charge is 0.348 e. The molecule has 2 saturated carbocycles. The number of nitrogens with one attached hydrogen (secondary N) is 1. The first-order chi connectivity index (χ1) is 14.5. The normalized spacial score (nSPS) is 25.9. The number of thiophene rings is 1. The highest BCUT2D eigenvalue weighted by atomic mass is 32.2. The fourth-order valence-corrected chi connectivity index (χ4v) is 7.55. The Morgan fingerprint density at radius 2 is 1.97 bits per heavy atom. The average molecular weight is 447 g/mol. The zero-order valence-corrected chi connectivity index (χ0v) is 19.0. The number of allylic oxidation sites excluding steroid dienone is 2. The van der Waals surface area contributed by atoms with E-state index >= 15 is 0 Å². The molecule has 4 atom stereocenters. The Bertz CT molecular complexity index is 992. The van der Waals surface area contributed by atoms with E-state index in [0.29, 0.717) is 22.6 Å². The molecule has 2 heterocycles. The molecule has 30 heavy (non-hydrogen) atoms. The van der Waals surface area contributed by atoms with Gasteiger partial charge >= 0.3 is 0 Å². The minimum absolute atomic E-state index is 0.147. The van der Waals surface area contributed by atoms with Crippen LogP contribution in [-0.4, -0.2) is 24.3 Å². The Labute approximate surface area is 183 Å². The fourth-order valence-electron chi connectivity index (χ4n) is 5.05. The minimum atomic E-state index is -3.63. The molecule has 5 nitrogen and oxygen atoms in total. The van der Waals surface area contributed by atoms with Crippen LogP contribution in [0, 0.1) is 17.8 Å². The summed E-state index contributed by atoms with van der Waals surface area (Å²) in [4.78, 5) is 13.4. The second-order valence-electron chi connectivity index (χ2n) is 8.48. The van der Waals surface area contributed by atoms with Crippen molar-refractivity contribution in [2.24, 2.45) is 17.8 Å². The molecule has 0 unspecified atom stereocenters. The van der Waals surface area contributed by atoms with Crippen molar-refractivity contribution in [3.8, 4) is 0 Å². The summed E-state index contributed by atoms with van der Waals surface area (Å²) in [5.41, 5.74) is 0. The van der Waals surface area contributed by atoms with E-state index in [4.69, 9.17) is 0 Å². The molecular weight excluding hydrogens is 416 g/mol. The zero-order chi connectivity index (χ0) is 21.1. The maximum atomic E-state index is 12.9. The van der Waals surface area contributed by atoms with Crippen LogP contribution in [0.25, 0.3) is 0 Å². The summed E-state index contributed by atoms with van der Waals surface area (Å²) in [6, 6.07) is 6.70. The van der Waals surface area contributed by atoms with Crippen molar-refractivity contribution in [1.29, 1.82) is 0 Å². The number of carbonyl (C=O) groups excluding carboxylic acids is 1. The van der Waals surface area contributed by atoms with E-state index in [-0.39, 0.29) is 16.2 Å². The first kappa shape index (κ1) is 21.4. The number of carbonyl (C=O) groups is 1. The summed E-state index contributed by atoms with van der Waals surface area (Å²) in [6.07, 6.45) is 15.8. The Balaban J connectivity index is 1.43. The Hall–Kier alpha value is -1.86. The van der Waals surface area contributed by atoms with Gasteiger partial charge in [0.1, 0.15) is 4.21 Å². The standard InChI is InChI=1S/C23H30N2O3S2/c1-2-3-4-5-6-9-19-17-10-11-18(16-17)22(19)24-23(26)20-12-13-21(29-20)30(27,28)25-14-7-8-15-25/h5-8,12-15,17-19,22H,2-4,9-11,16H2,1H3,(H,24,26)/b6-5-/t17-,18+,19-,22-/m0/s1. The molecule has 0 saturated heterocycles. The van der Waals surface area contributed by atoms with Crippen molar-refractivity contribution in [3.63, 3.8) is 0 Å². The average Bonchev–Trinajstić information content (AvgIpc) is 3.53. The SMILES string of the molecule is CCCC/C=C\C[C@H]1[C@H]2CC[C@H](C2)[C@@H]1NC(=O)c1ccc(S(=O)(=O)n2cccc2)s1. The lowest BCUT2D eigenvalue weighted by molar-refractivity contribution is 0.0905. The van der Waals surface area contributed by atoms with Crippen LogP contribution in [0.5, 0.6) is 0 Å². The maximum absolute atomic E-state index is 12.9. The van der Waals surface area contributed by atoms with E-state index in [2.05, 4.69) is 24.4 Å². The van der Waals surface area contributed by atoms with Gasteiger partial charge in [-0.15, -0.1) is 11.3 Å². The second kappa shape index (κ2) is 9.10. The third-order valence-corrected chi connectivity index (χ3v) is 9.80. The second-order valence-corrected chi connectivity index (χ2v) is 11.6. The van der Waals surface area contributed by atoms with Crippen molar-refractivity contribution < 1.29 is 13.2 Å². The highest BCUT2D eigenvalue weighted by molar-refractivity contribution is 7.92. The van der Waals surface area contributed by atoms with Crippen molar-refractivity contribution >= 4 is 27.3 Å². The van der Waals surface area contributed by atoms with Crippen LogP contribution in [0.2, 0.25) is 0 Å². The van der Waals surface area contributed by atoms with E-state index in [1.54, 1.807) is 18.2 Å². The molecule has 1 N–H and O–H groups in total. The summed E-state index contributed by atoms with van der Waals surface area (Å²) in [7, 11) is -3.63. The van der Waals surface area contributed by atoms with Gasteiger partial charge < -0.3 is 5.32 Å². The van der Waals surface area contributed by atoms with E-state index < -0.39 is 10.0 Å². The number of unbranched alkanes of at least 4 members (excludes halogenated alkanes) is 2. The topological polar surface area (TPSA) is 68.2 Å². The quantitative estimate of drug-likeness (QED) is 0.432. The molecule has 0 radical (unpaired) electrons. The predicted molar refractivity (Wildman–Crippen MR) is 120 cm³/mol. The van der Waals surface area contributed by atoms with Crippen LogP contribution >= 0.6 is 11.3 Å². The summed E-state index contributed by atoms with van der Waals surface area (Å²) < 4.78 is 26.7. The van der Waals surface area contributed by atoms with E-state index in [1.165, 1.54) is 54.5 Å². The highest BCUT2D eigenvalue weighted by Gasteiger charge is 2.47. The lowest BCUT2D eigenvalue weighted by Crippen LogP contribution is -2.43. The van der Waals surface area contributed by atoms with Gasteiger partial charge in [-0.3, -0.25) is 4.79 Å². The molecule has 0 aliphatic heterocycles. The van der Waals surface area contributed by atoms with Gasteiger partial charge in [-0.1, -0.05) is 31.9 Å². The van der Waals surface area contributed by atoms with Crippen LogP contribution < -0.4 is 5.32 Å². The summed E-state index contributed by atoms with van der Waals surface area (Å²) in [5, 5.41) is 3.26. The third kappa shape index (κ3) is 4.28.